The van der Waals surface area contributed by atoms with E-state index in [1.807, 2.05) is 24.1 Å². The van der Waals surface area contributed by atoms with Crippen LogP contribution < -0.4 is 5.32 Å². The van der Waals surface area contributed by atoms with Crippen LogP contribution >= 0.6 is 0 Å². The molecule has 5 heteroatoms. The van der Waals surface area contributed by atoms with Crippen molar-refractivity contribution in [1.29, 1.82) is 0 Å². The van der Waals surface area contributed by atoms with Crippen molar-refractivity contribution < 1.29 is 0 Å². The van der Waals surface area contributed by atoms with E-state index in [-0.39, 0.29) is 0 Å². The fourth-order valence-electron chi connectivity index (χ4n) is 1.94. The van der Waals surface area contributed by atoms with Gasteiger partial charge in [0.2, 0.25) is 0 Å². The number of hydrogen-bond donors (Lipinski definition) is 1. The van der Waals surface area contributed by atoms with Crippen LogP contribution in [0.5, 0.6) is 0 Å². The smallest absolute Gasteiger partial charge is 0.0522 e. The molecule has 0 unspecified atom stereocenters. The van der Waals surface area contributed by atoms with Crippen molar-refractivity contribution in [3.05, 3.63) is 35.9 Å². The summed E-state index contributed by atoms with van der Waals surface area (Å²) in [6.45, 7) is 5.02. The van der Waals surface area contributed by atoms with Crippen LogP contribution in [-0.4, -0.2) is 26.1 Å². The normalized spacial score (nSPS) is 11.0. The molecule has 0 saturated heterocycles. The van der Waals surface area contributed by atoms with Crippen molar-refractivity contribution in [1.82, 2.24) is 24.9 Å². The van der Waals surface area contributed by atoms with Gasteiger partial charge in [0.05, 0.1) is 11.9 Å². The number of rotatable bonds is 7. The lowest BCUT2D eigenvalue weighted by Gasteiger charge is -2.07. The highest BCUT2D eigenvalue weighted by Gasteiger charge is 2.03. The molecule has 2 heterocycles. The second-order valence-corrected chi connectivity index (χ2v) is 4.49. The number of aromatic nitrogens is 4. The van der Waals surface area contributed by atoms with Crippen LogP contribution in [-0.2, 0) is 26.6 Å². The Hall–Kier alpha value is -1.62. The average molecular weight is 247 g/mol. The first-order chi connectivity index (χ1) is 8.79. The highest BCUT2D eigenvalue weighted by Crippen LogP contribution is 2.03. The summed E-state index contributed by atoms with van der Waals surface area (Å²) in [5.41, 5.74) is 2.49. The predicted octanol–water partition coefficient (Wildman–Crippen LogP) is 1.36. The van der Waals surface area contributed by atoms with Crippen molar-refractivity contribution in [2.75, 3.05) is 6.54 Å². The Kier molecular flexibility index (Phi) is 4.52. The summed E-state index contributed by atoms with van der Waals surface area (Å²) in [5, 5.41) is 11.9. The average Bonchev–Trinajstić information content (AvgIpc) is 2.96. The van der Waals surface area contributed by atoms with Gasteiger partial charge in [0, 0.05) is 32.5 Å². The van der Waals surface area contributed by atoms with E-state index in [4.69, 9.17) is 0 Å². The number of hydrogen-bond acceptors (Lipinski definition) is 3. The SMILES string of the molecule is CCCNCc1ccnn1CCc1cnn(C)c1. The van der Waals surface area contributed by atoms with Crippen LogP contribution in [0.2, 0.25) is 0 Å². The van der Waals surface area contributed by atoms with E-state index in [9.17, 15) is 0 Å². The van der Waals surface area contributed by atoms with Crippen LogP contribution in [0.25, 0.3) is 0 Å². The molecule has 0 saturated carbocycles. The summed E-state index contributed by atoms with van der Waals surface area (Å²) in [6.07, 6.45) is 7.96. The van der Waals surface area contributed by atoms with Gasteiger partial charge in [0.1, 0.15) is 0 Å². The highest BCUT2D eigenvalue weighted by molar-refractivity contribution is 5.05. The molecule has 0 aliphatic heterocycles. The van der Waals surface area contributed by atoms with Gasteiger partial charge in [0.15, 0.2) is 0 Å². The zero-order valence-corrected chi connectivity index (χ0v) is 11.1. The first-order valence-electron chi connectivity index (χ1n) is 6.48. The molecule has 2 rings (SSSR count). The van der Waals surface area contributed by atoms with Gasteiger partial charge in [-0.05, 0) is 31.0 Å². The van der Waals surface area contributed by atoms with E-state index in [0.29, 0.717) is 0 Å². The summed E-state index contributed by atoms with van der Waals surface area (Å²) in [7, 11) is 1.94. The molecule has 0 aliphatic carbocycles. The lowest BCUT2D eigenvalue weighted by Crippen LogP contribution is -2.18. The van der Waals surface area contributed by atoms with E-state index < -0.39 is 0 Å². The van der Waals surface area contributed by atoms with Crippen LogP contribution in [0, 0.1) is 0 Å². The third kappa shape index (κ3) is 3.43. The van der Waals surface area contributed by atoms with Gasteiger partial charge in [-0.25, -0.2) is 0 Å². The van der Waals surface area contributed by atoms with Gasteiger partial charge in [-0.2, -0.15) is 10.2 Å². The zero-order valence-electron chi connectivity index (χ0n) is 11.1. The minimum Gasteiger partial charge on any atom is -0.311 e. The fraction of sp³-hybridized carbons (Fsp3) is 0.538. The maximum atomic E-state index is 4.37. The van der Waals surface area contributed by atoms with Gasteiger partial charge in [-0.3, -0.25) is 9.36 Å². The topological polar surface area (TPSA) is 47.7 Å². The molecule has 0 fully saturated rings. The third-order valence-electron chi connectivity index (χ3n) is 2.91. The molecule has 0 amide bonds. The molecule has 5 nitrogen and oxygen atoms in total. The van der Waals surface area contributed by atoms with E-state index in [0.717, 1.165) is 32.5 Å². The molecule has 98 valence electrons. The van der Waals surface area contributed by atoms with Gasteiger partial charge in [-0.15, -0.1) is 0 Å². The molecular weight excluding hydrogens is 226 g/mol. The molecule has 0 spiro atoms. The second-order valence-electron chi connectivity index (χ2n) is 4.49. The van der Waals surface area contributed by atoms with E-state index >= 15 is 0 Å². The molecule has 0 atom stereocenters. The Bertz CT molecular complexity index is 471. The maximum Gasteiger partial charge on any atom is 0.0522 e. The minimum atomic E-state index is 0.890. The number of nitrogens with zero attached hydrogens (tertiary/aromatic N) is 4. The van der Waals surface area contributed by atoms with Gasteiger partial charge < -0.3 is 5.32 Å². The lowest BCUT2D eigenvalue weighted by atomic mass is 10.2. The first kappa shape index (κ1) is 12.8. The summed E-state index contributed by atoms with van der Waals surface area (Å²) in [6, 6.07) is 2.08. The maximum absolute atomic E-state index is 4.37. The lowest BCUT2D eigenvalue weighted by molar-refractivity contribution is 0.556. The van der Waals surface area contributed by atoms with Crippen molar-refractivity contribution in [2.24, 2.45) is 7.05 Å². The molecule has 1 N–H and O–H groups in total. The van der Waals surface area contributed by atoms with Crippen LogP contribution in [0.3, 0.4) is 0 Å². The fourth-order valence-corrected chi connectivity index (χ4v) is 1.94. The van der Waals surface area contributed by atoms with Crippen LogP contribution in [0.15, 0.2) is 24.7 Å². The van der Waals surface area contributed by atoms with Gasteiger partial charge in [0.25, 0.3) is 0 Å². The zero-order chi connectivity index (χ0) is 12.8. The largest absolute Gasteiger partial charge is 0.311 e. The van der Waals surface area contributed by atoms with Gasteiger partial charge in [-0.1, -0.05) is 6.92 Å². The number of aryl methyl sites for hydroxylation is 3. The van der Waals surface area contributed by atoms with Crippen molar-refractivity contribution in [3.8, 4) is 0 Å². The predicted molar refractivity (Wildman–Crippen MR) is 71.1 cm³/mol. The van der Waals surface area contributed by atoms with E-state index in [1.165, 1.54) is 11.3 Å². The molecule has 2 aromatic rings. The minimum absolute atomic E-state index is 0.890. The Morgan fingerprint density at radius 2 is 2.22 bits per heavy atom. The van der Waals surface area contributed by atoms with Crippen molar-refractivity contribution in [3.63, 3.8) is 0 Å². The van der Waals surface area contributed by atoms with Gasteiger partial charge >= 0.3 is 0 Å². The summed E-state index contributed by atoms with van der Waals surface area (Å²) in [4.78, 5) is 0. The Morgan fingerprint density at radius 3 is 2.94 bits per heavy atom. The van der Waals surface area contributed by atoms with E-state index in [2.05, 4.69) is 39.4 Å². The standard InChI is InChI=1S/C13H21N5/c1-3-6-14-10-13-4-7-15-18(13)8-5-12-9-16-17(2)11-12/h4,7,9,11,14H,3,5-6,8,10H2,1-2H3. The molecule has 0 radical (unpaired) electrons. The number of nitrogens with one attached hydrogen (secondary N) is 1. The molecule has 0 aromatic carbocycles. The molecule has 0 bridgehead atoms. The summed E-state index contributed by atoms with van der Waals surface area (Å²) in [5.74, 6) is 0. The van der Waals surface area contributed by atoms with Crippen molar-refractivity contribution in [2.45, 2.75) is 32.9 Å². The third-order valence-corrected chi connectivity index (χ3v) is 2.91. The highest BCUT2D eigenvalue weighted by atomic mass is 15.3. The van der Waals surface area contributed by atoms with Crippen LogP contribution in [0.1, 0.15) is 24.6 Å². The van der Waals surface area contributed by atoms with Crippen molar-refractivity contribution >= 4 is 0 Å². The molecule has 0 aliphatic rings. The van der Waals surface area contributed by atoms with E-state index in [1.54, 1.807) is 0 Å². The monoisotopic (exact) mass is 247 g/mol. The molecule has 18 heavy (non-hydrogen) atoms. The molecule has 2 aromatic heterocycles. The molecular formula is C13H21N5. The summed E-state index contributed by atoms with van der Waals surface area (Å²) < 4.78 is 3.90. The van der Waals surface area contributed by atoms with Crippen LogP contribution in [0.4, 0.5) is 0 Å². The summed E-state index contributed by atoms with van der Waals surface area (Å²) >= 11 is 0. The second kappa shape index (κ2) is 6.35. The Labute approximate surface area is 108 Å². The first-order valence-corrected chi connectivity index (χ1v) is 6.48. The quantitative estimate of drug-likeness (QED) is 0.752. The Balaban J connectivity index is 1.87. The Morgan fingerprint density at radius 1 is 1.33 bits per heavy atom.